The highest BCUT2D eigenvalue weighted by Gasteiger charge is 2.19. The number of fused-ring (bicyclic) bond motifs is 1. The number of hydrogen-bond acceptors (Lipinski definition) is 3. The van der Waals surface area contributed by atoms with Crippen LogP contribution in [0.3, 0.4) is 0 Å². The van der Waals surface area contributed by atoms with Crippen molar-refractivity contribution < 1.29 is 13.2 Å². The molecule has 0 amide bonds. The Kier molecular flexibility index (Phi) is 4.48. The minimum Gasteiger partial charge on any atom is -0.463 e. The van der Waals surface area contributed by atoms with Crippen LogP contribution in [0.25, 0.3) is 33.7 Å². The number of H-pyrrole nitrogens is 1. The minimum atomic E-state index is -0.315. The molecule has 0 fully saturated rings. The molecule has 3 heterocycles. The van der Waals surface area contributed by atoms with Gasteiger partial charge in [0.15, 0.2) is 23.1 Å². The number of hydrogen-bond donors (Lipinski definition) is 1. The molecule has 0 aliphatic rings. The Morgan fingerprint density at radius 3 is 2.76 bits per heavy atom. The van der Waals surface area contributed by atoms with E-state index >= 15 is 0 Å². The van der Waals surface area contributed by atoms with Crippen molar-refractivity contribution in [1.82, 2.24) is 9.97 Å². The lowest BCUT2D eigenvalue weighted by Crippen LogP contribution is -1.89. The number of furan rings is 1. The van der Waals surface area contributed by atoms with Crippen molar-refractivity contribution in [2.45, 2.75) is 19.3 Å². The molecule has 0 saturated heterocycles. The molecule has 2 aromatic carbocycles. The smallest absolute Gasteiger partial charge is 0.195 e. The molecule has 0 aliphatic carbocycles. The second-order valence-electron chi connectivity index (χ2n) is 6.99. The molecule has 0 spiro atoms. The van der Waals surface area contributed by atoms with Crippen molar-refractivity contribution in [1.29, 1.82) is 0 Å². The van der Waals surface area contributed by atoms with Gasteiger partial charge in [0.05, 0.1) is 6.26 Å². The van der Waals surface area contributed by atoms with Gasteiger partial charge in [0.2, 0.25) is 0 Å². The van der Waals surface area contributed by atoms with Gasteiger partial charge in [0.25, 0.3) is 0 Å². The summed E-state index contributed by atoms with van der Waals surface area (Å²) in [5, 5.41) is 1.25. The maximum absolute atomic E-state index is 13.7. The van der Waals surface area contributed by atoms with Crippen LogP contribution in [0, 0.1) is 5.82 Å². The number of oxazole rings is 1. The van der Waals surface area contributed by atoms with Gasteiger partial charge >= 0.3 is 0 Å². The quantitative estimate of drug-likeness (QED) is 0.367. The summed E-state index contributed by atoms with van der Waals surface area (Å²) in [6.45, 7) is 0. The summed E-state index contributed by atoms with van der Waals surface area (Å²) in [6, 6.07) is 18.2. The highest BCUT2D eigenvalue weighted by molar-refractivity contribution is 5.83. The van der Waals surface area contributed by atoms with E-state index in [0.29, 0.717) is 35.1 Å². The largest absolute Gasteiger partial charge is 0.463 e. The van der Waals surface area contributed by atoms with Crippen LogP contribution in [0.5, 0.6) is 0 Å². The van der Waals surface area contributed by atoms with Crippen molar-refractivity contribution in [2.75, 3.05) is 0 Å². The first kappa shape index (κ1) is 17.5. The fraction of sp³-hybridized carbons (Fsp3) is 0.125. The Morgan fingerprint density at radius 2 is 1.90 bits per heavy atom. The molecule has 0 atom stereocenters. The zero-order chi connectivity index (χ0) is 19.6. The molecular formula is C24H19FN2O2. The van der Waals surface area contributed by atoms with Gasteiger partial charge in [-0.25, -0.2) is 9.37 Å². The Balaban J connectivity index is 1.40. The molecule has 0 saturated carbocycles. The van der Waals surface area contributed by atoms with Crippen molar-refractivity contribution in [3.63, 3.8) is 0 Å². The van der Waals surface area contributed by atoms with Gasteiger partial charge in [-0.2, -0.15) is 0 Å². The van der Waals surface area contributed by atoms with Crippen LogP contribution < -0.4 is 0 Å². The van der Waals surface area contributed by atoms with E-state index in [4.69, 9.17) is 8.83 Å². The second-order valence-corrected chi connectivity index (χ2v) is 6.99. The predicted octanol–water partition coefficient (Wildman–Crippen LogP) is 6.40. The minimum absolute atomic E-state index is 0.315. The van der Waals surface area contributed by atoms with Crippen LogP contribution in [0.2, 0.25) is 0 Å². The van der Waals surface area contributed by atoms with Gasteiger partial charge in [-0.1, -0.05) is 30.3 Å². The molecule has 0 bridgehead atoms. The number of nitrogens with zero attached hydrogens (tertiary/aromatic N) is 1. The first-order chi connectivity index (χ1) is 14.3. The van der Waals surface area contributed by atoms with Crippen LogP contribution in [-0.4, -0.2) is 9.97 Å². The normalized spacial score (nSPS) is 11.3. The fourth-order valence-corrected chi connectivity index (χ4v) is 3.65. The summed E-state index contributed by atoms with van der Waals surface area (Å²) in [5.41, 5.74) is 3.67. The van der Waals surface area contributed by atoms with Gasteiger partial charge in [-0.15, -0.1) is 0 Å². The van der Waals surface area contributed by atoms with E-state index in [0.717, 1.165) is 18.4 Å². The second kappa shape index (κ2) is 7.43. The molecule has 144 valence electrons. The first-order valence-corrected chi connectivity index (χ1v) is 9.62. The van der Waals surface area contributed by atoms with Crippen LogP contribution in [0.4, 0.5) is 4.39 Å². The monoisotopic (exact) mass is 386 g/mol. The predicted molar refractivity (Wildman–Crippen MR) is 110 cm³/mol. The molecule has 29 heavy (non-hydrogen) atoms. The number of rotatable bonds is 6. The molecular weight excluding hydrogens is 367 g/mol. The highest BCUT2D eigenvalue weighted by Crippen LogP contribution is 2.33. The zero-order valence-corrected chi connectivity index (χ0v) is 15.7. The Labute approximate surface area is 167 Å². The Bertz CT molecular complexity index is 1250. The number of aryl methyl sites for hydroxylation is 2. The van der Waals surface area contributed by atoms with Gasteiger partial charge in [0, 0.05) is 29.1 Å². The summed E-state index contributed by atoms with van der Waals surface area (Å²) in [5.74, 6) is 1.44. The molecule has 1 N–H and O–H groups in total. The van der Waals surface area contributed by atoms with E-state index in [1.807, 2.05) is 18.2 Å². The molecule has 5 heteroatoms. The van der Waals surface area contributed by atoms with Crippen LogP contribution in [0.15, 0.2) is 82.0 Å². The van der Waals surface area contributed by atoms with E-state index in [1.165, 1.54) is 23.1 Å². The molecule has 0 radical (unpaired) electrons. The highest BCUT2D eigenvalue weighted by atomic mass is 19.1. The third-order valence-electron chi connectivity index (χ3n) is 5.02. The van der Waals surface area contributed by atoms with Crippen molar-refractivity contribution in [2.24, 2.45) is 0 Å². The van der Waals surface area contributed by atoms with E-state index in [-0.39, 0.29) is 5.82 Å². The SMILES string of the molecule is Fc1cccc(-c2oc(CCCc3c[nH]c4ccccc34)nc2-c2ccco2)c1. The van der Waals surface area contributed by atoms with E-state index in [9.17, 15) is 4.39 Å². The number of para-hydroxylation sites is 1. The third-order valence-corrected chi connectivity index (χ3v) is 5.02. The molecule has 5 aromatic rings. The van der Waals surface area contributed by atoms with Crippen LogP contribution in [0.1, 0.15) is 17.9 Å². The van der Waals surface area contributed by atoms with Gasteiger partial charge in [-0.3, -0.25) is 0 Å². The number of halogens is 1. The molecule has 3 aromatic heterocycles. The van der Waals surface area contributed by atoms with Crippen molar-refractivity contribution >= 4 is 10.9 Å². The van der Waals surface area contributed by atoms with E-state index in [1.54, 1.807) is 18.4 Å². The average Bonchev–Trinajstić information content (AvgIpc) is 3.48. The summed E-state index contributed by atoms with van der Waals surface area (Å²) < 4.78 is 25.3. The lowest BCUT2D eigenvalue weighted by Gasteiger charge is -1.99. The topological polar surface area (TPSA) is 55.0 Å². The van der Waals surface area contributed by atoms with E-state index < -0.39 is 0 Å². The number of nitrogens with one attached hydrogen (secondary N) is 1. The summed E-state index contributed by atoms with van der Waals surface area (Å²) in [7, 11) is 0. The van der Waals surface area contributed by atoms with Crippen LogP contribution >= 0.6 is 0 Å². The molecule has 5 rings (SSSR count). The standard InChI is InChI=1S/C24H19FN2O2/c25-18-8-3-6-16(14-18)24-23(21-11-5-13-28-21)27-22(29-24)12-4-7-17-15-26-20-10-2-1-9-19(17)20/h1-3,5-6,8-11,13-15,26H,4,7,12H2. The van der Waals surface area contributed by atoms with Crippen LogP contribution in [-0.2, 0) is 12.8 Å². The van der Waals surface area contributed by atoms with Crippen molar-refractivity contribution in [3.05, 3.63) is 90.4 Å². The third kappa shape index (κ3) is 3.47. The maximum atomic E-state index is 13.7. The van der Waals surface area contributed by atoms with Gasteiger partial charge < -0.3 is 13.8 Å². The Hall–Kier alpha value is -3.60. The zero-order valence-electron chi connectivity index (χ0n) is 15.7. The Morgan fingerprint density at radius 1 is 0.966 bits per heavy atom. The maximum Gasteiger partial charge on any atom is 0.195 e. The summed E-state index contributed by atoms with van der Waals surface area (Å²) in [4.78, 5) is 7.96. The average molecular weight is 386 g/mol. The lowest BCUT2D eigenvalue weighted by atomic mass is 10.1. The molecule has 4 nitrogen and oxygen atoms in total. The fourth-order valence-electron chi connectivity index (χ4n) is 3.65. The number of aromatic nitrogens is 2. The van der Waals surface area contributed by atoms with Gasteiger partial charge in [0.1, 0.15) is 5.82 Å². The van der Waals surface area contributed by atoms with Crippen molar-refractivity contribution in [3.8, 4) is 22.8 Å². The molecule has 0 aliphatic heterocycles. The number of benzene rings is 2. The lowest BCUT2D eigenvalue weighted by molar-refractivity contribution is 0.498. The van der Waals surface area contributed by atoms with Gasteiger partial charge in [-0.05, 0) is 48.7 Å². The first-order valence-electron chi connectivity index (χ1n) is 9.62. The number of aromatic amines is 1. The summed E-state index contributed by atoms with van der Waals surface area (Å²) in [6.07, 6.45) is 6.14. The summed E-state index contributed by atoms with van der Waals surface area (Å²) >= 11 is 0. The van der Waals surface area contributed by atoms with E-state index in [2.05, 4.69) is 34.4 Å². The molecule has 0 unspecified atom stereocenters.